The average molecular weight is 502 g/mol. The number of hydrogen-bond donors (Lipinski definition) is 1. The maximum atomic E-state index is 13.5. The summed E-state index contributed by atoms with van der Waals surface area (Å²) in [6, 6.07) is 26.6. The molecule has 1 aliphatic heterocycles. The van der Waals surface area contributed by atoms with Crippen molar-refractivity contribution in [1.82, 2.24) is 9.80 Å². The number of hydrogen-bond acceptors (Lipinski definition) is 4. The molecule has 2 amide bonds. The zero-order valence-electron chi connectivity index (χ0n) is 20.4. The number of nitrogens with one attached hydrogen (secondary N) is 1. The Hall–Kier alpha value is -3.71. The number of anilines is 1. The monoisotopic (exact) mass is 501 g/mol. The fourth-order valence-electron chi connectivity index (χ4n) is 4.34. The van der Waals surface area contributed by atoms with Crippen molar-refractivity contribution in [3.05, 3.63) is 96.1 Å². The molecule has 0 bridgehead atoms. The molecule has 3 aromatic rings. The van der Waals surface area contributed by atoms with E-state index in [1.165, 1.54) is 5.56 Å². The summed E-state index contributed by atoms with van der Waals surface area (Å²) in [5, 5.41) is 3.39. The Balaban J connectivity index is 1.45. The Bertz CT molecular complexity index is 1170. The first-order chi connectivity index (χ1) is 17.5. The number of carbonyl (C=O) groups excluding carboxylic acids is 2. The van der Waals surface area contributed by atoms with Gasteiger partial charge in [0.05, 0.1) is 19.6 Å². The highest BCUT2D eigenvalue weighted by Crippen LogP contribution is 2.25. The van der Waals surface area contributed by atoms with E-state index in [1.54, 1.807) is 17.0 Å². The molecule has 0 spiro atoms. The maximum Gasteiger partial charge on any atom is 0.252 e. The summed E-state index contributed by atoms with van der Waals surface area (Å²) in [6.45, 7) is 3.50. The van der Waals surface area contributed by atoms with Crippen LogP contribution in [0.1, 0.15) is 30.9 Å². The van der Waals surface area contributed by atoms with E-state index in [9.17, 15) is 9.59 Å². The summed E-state index contributed by atoms with van der Waals surface area (Å²) >= 11 is 5.75. The van der Waals surface area contributed by atoms with Gasteiger partial charge in [-0.15, -0.1) is 0 Å². The van der Waals surface area contributed by atoms with E-state index in [-0.39, 0.29) is 18.2 Å². The minimum absolute atomic E-state index is 0.0306. The summed E-state index contributed by atoms with van der Waals surface area (Å²) in [4.78, 5) is 30.0. The van der Waals surface area contributed by atoms with Crippen LogP contribution in [-0.2, 0) is 22.6 Å². The molecule has 0 aliphatic carbocycles. The van der Waals surface area contributed by atoms with Crippen LogP contribution >= 0.6 is 12.2 Å². The van der Waals surface area contributed by atoms with Gasteiger partial charge in [-0.25, -0.2) is 0 Å². The molecule has 7 heteroatoms. The summed E-state index contributed by atoms with van der Waals surface area (Å²) in [6.07, 6.45) is 1.73. The molecule has 36 heavy (non-hydrogen) atoms. The third kappa shape index (κ3) is 6.49. The van der Waals surface area contributed by atoms with Crippen LogP contribution in [0.5, 0.6) is 5.75 Å². The molecule has 1 atom stereocenters. The number of benzene rings is 3. The molecule has 3 aromatic carbocycles. The van der Waals surface area contributed by atoms with E-state index in [4.69, 9.17) is 17.0 Å². The molecule has 1 fully saturated rings. The van der Waals surface area contributed by atoms with Crippen LogP contribution in [0.3, 0.4) is 0 Å². The molecule has 0 radical (unpaired) electrons. The molecule has 1 heterocycles. The minimum Gasteiger partial charge on any atom is -0.494 e. The van der Waals surface area contributed by atoms with E-state index in [0.29, 0.717) is 30.5 Å². The molecule has 0 aromatic heterocycles. The van der Waals surface area contributed by atoms with Gasteiger partial charge in [0.15, 0.2) is 5.11 Å². The van der Waals surface area contributed by atoms with Crippen LogP contribution < -0.4 is 10.1 Å². The lowest BCUT2D eigenvalue weighted by Gasteiger charge is -2.24. The van der Waals surface area contributed by atoms with Crippen molar-refractivity contribution >= 4 is 34.8 Å². The van der Waals surface area contributed by atoms with E-state index < -0.39 is 6.04 Å². The van der Waals surface area contributed by atoms with Crippen molar-refractivity contribution in [2.75, 3.05) is 18.5 Å². The normalized spacial score (nSPS) is 15.3. The highest BCUT2D eigenvalue weighted by atomic mass is 32.1. The van der Waals surface area contributed by atoms with Gasteiger partial charge in [0, 0.05) is 12.2 Å². The van der Waals surface area contributed by atoms with Crippen LogP contribution in [0.25, 0.3) is 0 Å². The molecule has 4 rings (SSSR count). The summed E-state index contributed by atoms with van der Waals surface area (Å²) in [7, 11) is 0. The van der Waals surface area contributed by atoms with Gasteiger partial charge >= 0.3 is 0 Å². The van der Waals surface area contributed by atoms with Crippen molar-refractivity contribution in [3.8, 4) is 5.75 Å². The van der Waals surface area contributed by atoms with Gasteiger partial charge in [-0.3, -0.25) is 14.5 Å². The number of ether oxygens (including phenoxy) is 1. The number of carbonyl (C=O) groups is 2. The zero-order valence-corrected chi connectivity index (χ0v) is 21.2. The Labute approximate surface area is 217 Å². The Morgan fingerprint density at radius 2 is 1.58 bits per heavy atom. The van der Waals surface area contributed by atoms with Gasteiger partial charge in [0.2, 0.25) is 5.91 Å². The van der Waals surface area contributed by atoms with Crippen LogP contribution in [0.4, 0.5) is 5.69 Å². The molecule has 186 valence electrons. The third-order valence-corrected chi connectivity index (χ3v) is 6.58. The molecule has 1 N–H and O–H groups in total. The summed E-state index contributed by atoms with van der Waals surface area (Å²) < 4.78 is 5.46. The molecule has 6 nitrogen and oxygen atoms in total. The van der Waals surface area contributed by atoms with Gasteiger partial charge in [-0.2, -0.15) is 0 Å². The van der Waals surface area contributed by atoms with Gasteiger partial charge in [0.1, 0.15) is 11.8 Å². The van der Waals surface area contributed by atoms with E-state index in [2.05, 4.69) is 17.4 Å². The number of thiocarbonyl (C=S) groups is 1. The first-order valence-electron chi connectivity index (χ1n) is 12.3. The molecular weight excluding hydrogens is 470 g/mol. The quantitative estimate of drug-likeness (QED) is 0.373. The van der Waals surface area contributed by atoms with Gasteiger partial charge in [-0.05, 0) is 67.4 Å². The van der Waals surface area contributed by atoms with E-state index in [1.807, 2.05) is 72.5 Å². The maximum absolute atomic E-state index is 13.5. The van der Waals surface area contributed by atoms with Crippen molar-refractivity contribution in [1.29, 1.82) is 0 Å². The fraction of sp³-hybridized carbons (Fsp3) is 0.276. The van der Waals surface area contributed by atoms with Crippen LogP contribution in [0.15, 0.2) is 84.9 Å². The van der Waals surface area contributed by atoms with Gasteiger partial charge in [-0.1, -0.05) is 60.7 Å². The third-order valence-electron chi connectivity index (χ3n) is 6.12. The van der Waals surface area contributed by atoms with Gasteiger partial charge in [0.25, 0.3) is 5.91 Å². The van der Waals surface area contributed by atoms with Crippen molar-refractivity contribution in [3.63, 3.8) is 0 Å². The first-order valence-corrected chi connectivity index (χ1v) is 12.7. The Morgan fingerprint density at radius 1 is 0.944 bits per heavy atom. The topological polar surface area (TPSA) is 61.9 Å². The molecule has 0 saturated carbocycles. The second-order valence-corrected chi connectivity index (χ2v) is 9.07. The van der Waals surface area contributed by atoms with Crippen molar-refractivity contribution < 1.29 is 14.3 Å². The SMILES string of the molecule is CCOc1ccc(NC(=O)CC2C(=O)N(Cc3ccccc3)C(=S)N2CCCc2ccccc2)cc1. The van der Waals surface area contributed by atoms with Crippen LogP contribution in [0.2, 0.25) is 0 Å². The largest absolute Gasteiger partial charge is 0.494 e. The lowest BCUT2D eigenvalue weighted by atomic mass is 10.1. The average Bonchev–Trinajstić information content (AvgIpc) is 3.10. The predicted octanol–water partition coefficient (Wildman–Crippen LogP) is 5.04. The van der Waals surface area contributed by atoms with Crippen molar-refractivity contribution in [2.45, 2.75) is 38.8 Å². The molecular formula is C29H31N3O3S. The lowest BCUT2D eigenvalue weighted by molar-refractivity contribution is -0.131. The lowest BCUT2D eigenvalue weighted by Crippen LogP contribution is -2.38. The fourth-order valence-corrected chi connectivity index (χ4v) is 4.72. The summed E-state index contributed by atoms with van der Waals surface area (Å²) in [5.41, 5.74) is 2.89. The molecule has 1 aliphatic rings. The number of rotatable bonds is 11. The standard InChI is InChI=1S/C29H31N3O3S/c1-2-35-25-17-15-24(16-18-25)30-27(33)20-26-28(34)32(21-23-12-7-4-8-13-23)29(36)31(26)19-9-14-22-10-5-3-6-11-22/h3-8,10-13,15-18,26H,2,9,14,19-21H2,1H3,(H,30,33). The van der Waals surface area contributed by atoms with Crippen molar-refractivity contribution in [2.24, 2.45) is 0 Å². The minimum atomic E-state index is -0.625. The second kappa shape index (κ2) is 12.3. The first kappa shape index (κ1) is 25.4. The number of amides is 2. The second-order valence-electron chi connectivity index (χ2n) is 8.70. The predicted molar refractivity (Wildman–Crippen MR) is 146 cm³/mol. The zero-order chi connectivity index (χ0) is 25.3. The Kier molecular flexibility index (Phi) is 8.68. The van der Waals surface area contributed by atoms with Gasteiger partial charge < -0.3 is 15.0 Å². The van der Waals surface area contributed by atoms with E-state index >= 15 is 0 Å². The Morgan fingerprint density at radius 3 is 2.22 bits per heavy atom. The number of nitrogens with zero attached hydrogens (tertiary/aromatic N) is 2. The number of aryl methyl sites for hydroxylation is 1. The highest BCUT2D eigenvalue weighted by Gasteiger charge is 2.42. The van der Waals surface area contributed by atoms with Crippen LogP contribution in [0, 0.1) is 0 Å². The summed E-state index contributed by atoms with van der Waals surface area (Å²) in [5.74, 6) is 0.383. The smallest absolute Gasteiger partial charge is 0.252 e. The molecule has 1 saturated heterocycles. The van der Waals surface area contributed by atoms with E-state index in [0.717, 1.165) is 24.2 Å². The highest BCUT2D eigenvalue weighted by molar-refractivity contribution is 7.80. The molecule has 1 unspecified atom stereocenters. The van der Waals surface area contributed by atoms with Crippen LogP contribution in [-0.4, -0.2) is 45.9 Å².